The van der Waals surface area contributed by atoms with Crippen LogP contribution in [-0.4, -0.2) is 63.4 Å². The first-order chi connectivity index (χ1) is 15.9. The zero-order valence-corrected chi connectivity index (χ0v) is 23.8. The summed E-state index contributed by atoms with van der Waals surface area (Å²) in [4.78, 5) is 0. The van der Waals surface area contributed by atoms with Crippen molar-refractivity contribution in [2.24, 2.45) is 19.5 Å². The SMILES string of the molecule is Cc1c(C)[n+](C)c(C2=[N+](C(C)C)C(C)(C)CC2(C)C)n1C.O=S(=O)([O-])C(F)(F)F.O=S(=O)([O-])C(F)(F)F. The summed E-state index contributed by atoms with van der Waals surface area (Å²) >= 11 is 0. The molecule has 2 heterocycles. The van der Waals surface area contributed by atoms with Gasteiger partial charge in [0.05, 0.1) is 19.5 Å². The van der Waals surface area contributed by atoms with Gasteiger partial charge in [0, 0.05) is 20.3 Å². The van der Waals surface area contributed by atoms with Gasteiger partial charge in [-0.05, 0) is 41.5 Å². The van der Waals surface area contributed by atoms with E-state index in [1.807, 2.05) is 0 Å². The average molecular weight is 590 g/mol. The Labute approximate surface area is 213 Å². The van der Waals surface area contributed by atoms with Gasteiger partial charge in [-0.1, -0.05) is 0 Å². The van der Waals surface area contributed by atoms with Crippen molar-refractivity contribution in [3.8, 4) is 0 Å². The minimum atomic E-state index is -6.09. The molecular weight excluding hydrogens is 556 g/mol. The second-order valence-electron chi connectivity index (χ2n) is 10.1. The van der Waals surface area contributed by atoms with Crippen LogP contribution in [-0.2, 0) is 34.3 Å². The molecule has 0 amide bonds. The van der Waals surface area contributed by atoms with Crippen LogP contribution in [0, 0.1) is 19.3 Å². The van der Waals surface area contributed by atoms with E-state index < -0.39 is 31.3 Å². The van der Waals surface area contributed by atoms with Gasteiger partial charge < -0.3 is 9.11 Å². The molecule has 0 spiro atoms. The third-order valence-corrected chi connectivity index (χ3v) is 7.00. The lowest BCUT2D eigenvalue weighted by molar-refractivity contribution is -0.684. The molecule has 0 unspecified atom stereocenters. The van der Waals surface area contributed by atoms with Gasteiger partial charge >= 0.3 is 16.8 Å². The fraction of sp³-hybridized carbons (Fsp3) is 0.800. The molecular formula is C20H33F6N3O6S2. The second-order valence-corrected chi connectivity index (χ2v) is 12.8. The number of hydrogen-bond donors (Lipinski definition) is 0. The summed E-state index contributed by atoms with van der Waals surface area (Å²) in [6.45, 7) is 18.6. The molecule has 0 bridgehead atoms. The van der Waals surface area contributed by atoms with Crippen LogP contribution in [0.2, 0.25) is 0 Å². The van der Waals surface area contributed by atoms with E-state index >= 15 is 0 Å². The average Bonchev–Trinajstić information content (AvgIpc) is 2.92. The van der Waals surface area contributed by atoms with Crippen LogP contribution in [0.1, 0.15) is 65.2 Å². The highest BCUT2D eigenvalue weighted by Gasteiger charge is 2.57. The molecule has 0 atom stereocenters. The summed E-state index contributed by atoms with van der Waals surface area (Å²) in [6.07, 6.45) is 1.19. The maximum absolute atomic E-state index is 10.7. The lowest BCUT2D eigenvalue weighted by Crippen LogP contribution is -2.45. The fourth-order valence-electron chi connectivity index (χ4n) is 4.59. The largest absolute Gasteiger partial charge is 0.741 e. The smallest absolute Gasteiger partial charge is 0.485 e. The first kappa shape index (κ1) is 35.3. The number of imidazole rings is 1. The van der Waals surface area contributed by atoms with E-state index in [1.165, 1.54) is 29.3 Å². The Morgan fingerprint density at radius 1 is 0.892 bits per heavy atom. The van der Waals surface area contributed by atoms with Gasteiger partial charge in [-0.25, -0.2) is 30.5 Å². The van der Waals surface area contributed by atoms with Crippen LogP contribution < -0.4 is 4.57 Å². The Morgan fingerprint density at radius 3 is 1.43 bits per heavy atom. The summed E-state index contributed by atoms with van der Waals surface area (Å²) in [7, 11) is -7.78. The molecule has 0 fully saturated rings. The molecule has 218 valence electrons. The third-order valence-electron chi connectivity index (χ3n) is 5.87. The zero-order chi connectivity index (χ0) is 30.3. The Morgan fingerprint density at radius 2 is 1.22 bits per heavy atom. The van der Waals surface area contributed by atoms with E-state index in [0.717, 1.165) is 0 Å². The standard InChI is InChI=1S/C18H33N3.2CHF3O3S/c1-12(2)21-15(17(5,6)11-18(21,7)8)16-19(9)13(3)14(4)20(16)10;2*2-1(3,4)8(5,6)7/h12H,11H2,1-10H3;2*(H,5,6,7)/q+2;;/p-2. The summed E-state index contributed by atoms with van der Waals surface area (Å²) in [5, 5.41) is 0. The molecule has 37 heavy (non-hydrogen) atoms. The second kappa shape index (κ2) is 10.8. The maximum atomic E-state index is 10.7. The van der Waals surface area contributed by atoms with Crippen molar-refractivity contribution in [3.63, 3.8) is 0 Å². The molecule has 1 aliphatic heterocycles. The highest BCUT2D eigenvalue weighted by atomic mass is 32.2. The number of nitrogens with zero attached hydrogens (tertiary/aromatic N) is 3. The summed E-state index contributed by atoms with van der Waals surface area (Å²) in [6, 6.07) is 0.507. The summed E-state index contributed by atoms with van der Waals surface area (Å²) in [5.74, 6) is 1.36. The third kappa shape index (κ3) is 8.13. The van der Waals surface area contributed by atoms with E-state index in [0.29, 0.717) is 6.04 Å². The highest BCUT2D eigenvalue weighted by Crippen LogP contribution is 2.41. The van der Waals surface area contributed by atoms with Crippen LogP contribution in [0.15, 0.2) is 0 Å². The van der Waals surface area contributed by atoms with Crippen LogP contribution in [0.5, 0.6) is 0 Å². The molecule has 1 aromatic rings. The molecule has 0 saturated heterocycles. The van der Waals surface area contributed by atoms with E-state index in [9.17, 15) is 26.3 Å². The predicted molar refractivity (Wildman–Crippen MR) is 120 cm³/mol. The van der Waals surface area contributed by atoms with Crippen LogP contribution in [0.4, 0.5) is 26.3 Å². The number of hydrogen-bond acceptors (Lipinski definition) is 6. The van der Waals surface area contributed by atoms with Gasteiger partial charge in [0.15, 0.2) is 25.8 Å². The monoisotopic (exact) mass is 589 g/mol. The molecule has 9 nitrogen and oxygen atoms in total. The Bertz CT molecular complexity index is 1180. The van der Waals surface area contributed by atoms with Crippen molar-refractivity contribution in [2.75, 3.05) is 0 Å². The van der Waals surface area contributed by atoms with Crippen LogP contribution in [0.25, 0.3) is 0 Å². The molecule has 1 aromatic heterocycles. The molecule has 0 N–H and O–H groups in total. The molecule has 2 rings (SSSR count). The predicted octanol–water partition coefficient (Wildman–Crippen LogP) is 2.99. The minimum Gasteiger partial charge on any atom is -0.741 e. The first-order valence-electron chi connectivity index (χ1n) is 10.6. The van der Waals surface area contributed by atoms with Gasteiger partial charge in [-0.15, -0.1) is 0 Å². The number of alkyl halides is 6. The Hall–Kier alpha value is -1.72. The first-order valence-corrected chi connectivity index (χ1v) is 13.5. The van der Waals surface area contributed by atoms with Crippen molar-refractivity contribution in [2.45, 2.75) is 84.4 Å². The minimum absolute atomic E-state index is 0.191. The highest BCUT2D eigenvalue weighted by molar-refractivity contribution is 7.86. The Balaban J connectivity index is 0.000000669. The lowest BCUT2D eigenvalue weighted by Gasteiger charge is -2.20. The van der Waals surface area contributed by atoms with E-state index in [-0.39, 0.29) is 11.0 Å². The molecule has 0 radical (unpaired) electrons. The molecule has 0 aliphatic carbocycles. The molecule has 1 aliphatic rings. The summed E-state index contributed by atoms with van der Waals surface area (Å²) < 4.78 is 125. The maximum Gasteiger partial charge on any atom is 0.485 e. The zero-order valence-electron chi connectivity index (χ0n) is 22.2. The lowest BCUT2D eigenvalue weighted by atomic mass is 9.80. The van der Waals surface area contributed by atoms with Gasteiger partial charge in [0.1, 0.15) is 17.4 Å². The van der Waals surface area contributed by atoms with Crippen molar-refractivity contribution >= 4 is 25.9 Å². The molecule has 0 aromatic carbocycles. The van der Waals surface area contributed by atoms with Crippen molar-refractivity contribution in [1.29, 1.82) is 0 Å². The summed E-state index contributed by atoms with van der Waals surface area (Å²) in [5.41, 5.74) is -6.71. The van der Waals surface area contributed by atoms with Crippen molar-refractivity contribution in [1.82, 2.24) is 4.57 Å². The quantitative estimate of drug-likeness (QED) is 0.226. The van der Waals surface area contributed by atoms with E-state index in [2.05, 4.69) is 83.2 Å². The van der Waals surface area contributed by atoms with Gasteiger partial charge in [0.2, 0.25) is 0 Å². The van der Waals surface area contributed by atoms with Gasteiger partial charge in [0.25, 0.3) is 5.71 Å². The van der Waals surface area contributed by atoms with Crippen LogP contribution >= 0.6 is 0 Å². The number of halogens is 6. The van der Waals surface area contributed by atoms with E-state index in [1.54, 1.807) is 0 Å². The fourth-order valence-corrected chi connectivity index (χ4v) is 4.59. The van der Waals surface area contributed by atoms with Crippen LogP contribution in [0.3, 0.4) is 0 Å². The Kier molecular flexibility index (Phi) is 10.3. The molecule has 0 saturated carbocycles. The van der Waals surface area contributed by atoms with E-state index in [4.69, 9.17) is 25.9 Å². The van der Waals surface area contributed by atoms with Gasteiger partial charge in [-0.3, -0.25) is 0 Å². The topological polar surface area (TPSA) is 126 Å². The number of aromatic nitrogens is 2. The normalized spacial score (nSPS) is 17.8. The van der Waals surface area contributed by atoms with Crippen molar-refractivity contribution in [3.05, 3.63) is 17.2 Å². The molecule has 17 heteroatoms. The number of rotatable bonds is 2. The van der Waals surface area contributed by atoms with Gasteiger partial charge in [-0.2, -0.15) is 26.3 Å². The van der Waals surface area contributed by atoms with Crippen molar-refractivity contribution < 1.29 is 61.4 Å².